The first-order valence-corrected chi connectivity index (χ1v) is 6.57. The molecule has 5 heteroatoms. The van der Waals surface area contributed by atoms with Gasteiger partial charge in [0.2, 0.25) is 0 Å². The standard InChI is InChI=1S/C14H19ClN2O2/c1-9-7-12(15)16-11-5-6-17(8-10(9)11)13(18)19-14(2,3)4/h7H,5-6,8H2,1-4H3/i8D2. The van der Waals surface area contributed by atoms with Crippen molar-refractivity contribution in [1.82, 2.24) is 9.88 Å². The van der Waals surface area contributed by atoms with Crippen LogP contribution in [0.1, 0.15) is 40.3 Å². The van der Waals surface area contributed by atoms with E-state index in [2.05, 4.69) is 4.98 Å². The van der Waals surface area contributed by atoms with E-state index in [1.54, 1.807) is 33.8 Å². The Hall–Kier alpha value is -1.29. The van der Waals surface area contributed by atoms with Gasteiger partial charge in [-0.05, 0) is 44.9 Å². The number of fused-ring (bicyclic) bond motifs is 1. The Labute approximate surface area is 121 Å². The molecule has 19 heavy (non-hydrogen) atoms. The summed E-state index contributed by atoms with van der Waals surface area (Å²) in [5.74, 6) is 0. The molecule has 104 valence electrons. The minimum absolute atomic E-state index is 0.210. The van der Waals surface area contributed by atoms with Gasteiger partial charge in [-0.25, -0.2) is 9.78 Å². The third kappa shape index (κ3) is 3.38. The lowest BCUT2D eigenvalue weighted by Crippen LogP contribution is -2.40. The van der Waals surface area contributed by atoms with Gasteiger partial charge in [-0.15, -0.1) is 0 Å². The number of halogens is 1. The van der Waals surface area contributed by atoms with Gasteiger partial charge >= 0.3 is 6.09 Å². The van der Waals surface area contributed by atoms with Crippen LogP contribution >= 0.6 is 11.6 Å². The Kier molecular flexibility index (Phi) is 3.04. The maximum absolute atomic E-state index is 12.2. The van der Waals surface area contributed by atoms with Gasteiger partial charge in [-0.2, -0.15) is 0 Å². The van der Waals surface area contributed by atoms with Crippen molar-refractivity contribution in [3.05, 3.63) is 28.0 Å². The fourth-order valence-corrected chi connectivity index (χ4v) is 2.16. The van der Waals surface area contributed by atoms with Gasteiger partial charge in [0.25, 0.3) is 0 Å². The summed E-state index contributed by atoms with van der Waals surface area (Å²) >= 11 is 5.92. The molecule has 0 aliphatic carbocycles. The topological polar surface area (TPSA) is 42.4 Å². The lowest BCUT2D eigenvalue weighted by molar-refractivity contribution is 0.0222. The van der Waals surface area contributed by atoms with Gasteiger partial charge in [0.05, 0.1) is 9.24 Å². The van der Waals surface area contributed by atoms with Crippen molar-refractivity contribution < 1.29 is 12.3 Å². The van der Waals surface area contributed by atoms with E-state index in [1.807, 2.05) is 0 Å². The molecule has 1 aliphatic heterocycles. The molecular formula is C14H19ClN2O2. The highest BCUT2D eigenvalue weighted by atomic mass is 35.5. The van der Waals surface area contributed by atoms with Crippen LogP contribution in [-0.2, 0) is 17.7 Å². The third-order valence-corrected chi connectivity index (χ3v) is 2.89. The summed E-state index contributed by atoms with van der Waals surface area (Å²) in [7, 11) is 0. The quantitative estimate of drug-likeness (QED) is 0.686. The number of rotatable bonds is 0. The van der Waals surface area contributed by atoms with E-state index < -0.39 is 18.2 Å². The average molecular weight is 285 g/mol. The van der Waals surface area contributed by atoms with Crippen molar-refractivity contribution in [2.45, 2.75) is 46.2 Å². The number of aromatic nitrogens is 1. The highest BCUT2D eigenvalue weighted by Crippen LogP contribution is 2.24. The number of carbonyl (C=O) groups is 1. The second-order valence-electron chi connectivity index (χ2n) is 5.58. The van der Waals surface area contributed by atoms with Gasteiger partial charge in [0.1, 0.15) is 10.8 Å². The molecule has 1 aromatic heterocycles. The van der Waals surface area contributed by atoms with Gasteiger partial charge in [-0.3, -0.25) is 0 Å². The molecule has 1 aromatic rings. The van der Waals surface area contributed by atoms with Crippen molar-refractivity contribution >= 4 is 17.7 Å². The Morgan fingerprint density at radius 2 is 2.26 bits per heavy atom. The lowest BCUT2D eigenvalue weighted by Gasteiger charge is -2.31. The van der Waals surface area contributed by atoms with Gasteiger partial charge in [-0.1, -0.05) is 11.6 Å². The van der Waals surface area contributed by atoms with Crippen LogP contribution in [0.5, 0.6) is 0 Å². The molecule has 1 aliphatic rings. The zero-order valence-corrected chi connectivity index (χ0v) is 12.3. The number of aryl methyl sites for hydroxylation is 1. The molecule has 0 fully saturated rings. The fourth-order valence-electron chi connectivity index (χ4n) is 1.89. The first-order valence-electron chi connectivity index (χ1n) is 7.19. The molecule has 4 nitrogen and oxygen atoms in total. The molecule has 0 atom stereocenters. The molecule has 0 N–H and O–H groups in total. The minimum atomic E-state index is -1.96. The lowest BCUT2D eigenvalue weighted by atomic mass is 10.0. The predicted octanol–water partition coefficient (Wildman–Crippen LogP) is 3.34. The minimum Gasteiger partial charge on any atom is -0.444 e. The zero-order chi connectivity index (χ0) is 16.0. The summed E-state index contributed by atoms with van der Waals surface area (Å²) in [5, 5.41) is 0.341. The Morgan fingerprint density at radius 1 is 1.58 bits per heavy atom. The summed E-state index contributed by atoms with van der Waals surface area (Å²) in [6.45, 7) is 5.28. The maximum Gasteiger partial charge on any atom is 0.410 e. The molecule has 0 spiro atoms. The van der Waals surface area contributed by atoms with E-state index in [1.165, 1.54) is 0 Å². The first-order chi connectivity index (χ1) is 9.52. The van der Waals surface area contributed by atoms with E-state index in [0.29, 0.717) is 28.4 Å². The Balaban J connectivity index is 2.40. The van der Waals surface area contributed by atoms with E-state index in [-0.39, 0.29) is 6.54 Å². The number of carbonyl (C=O) groups excluding carboxylic acids is 1. The summed E-state index contributed by atoms with van der Waals surface area (Å²) in [5.41, 5.74) is 1.03. The monoisotopic (exact) mass is 284 g/mol. The third-order valence-electron chi connectivity index (χ3n) is 2.69. The molecule has 0 aromatic carbocycles. The molecule has 0 bridgehead atoms. The molecule has 0 radical (unpaired) electrons. The van der Waals surface area contributed by atoms with Crippen molar-refractivity contribution in [2.75, 3.05) is 6.54 Å². The van der Waals surface area contributed by atoms with Crippen molar-refractivity contribution in [3.8, 4) is 0 Å². The Morgan fingerprint density at radius 3 is 2.89 bits per heavy atom. The number of ether oxygens (including phenoxy) is 1. The largest absolute Gasteiger partial charge is 0.444 e. The van der Waals surface area contributed by atoms with Crippen LogP contribution < -0.4 is 0 Å². The van der Waals surface area contributed by atoms with Crippen LogP contribution in [0, 0.1) is 6.92 Å². The van der Waals surface area contributed by atoms with Crippen LogP contribution in [0.15, 0.2) is 6.07 Å². The summed E-state index contributed by atoms with van der Waals surface area (Å²) < 4.78 is 21.9. The number of hydrogen-bond donors (Lipinski definition) is 0. The predicted molar refractivity (Wildman–Crippen MR) is 74.3 cm³/mol. The normalized spacial score (nSPS) is 19.3. The van der Waals surface area contributed by atoms with Crippen LogP contribution in [0.4, 0.5) is 4.79 Å². The van der Waals surface area contributed by atoms with Gasteiger partial charge < -0.3 is 9.64 Å². The summed E-state index contributed by atoms with van der Waals surface area (Å²) in [6, 6.07) is 1.61. The van der Waals surface area contributed by atoms with Crippen LogP contribution in [0.3, 0.4) is 0 Å². The van der Waals surface area contributed by atoms with Crippen molar-refractivity contribution in [2.24, 2.45) is 0 Å². The molecule has 1 amide bonds. The van der Waals surface area contributed by atoms with Crippen LogP contribution in [-0.4, -0.2) is 28.1 Å². The van der Waals surface area contributed by atoms with Crippen molar-refractivity contribution in [1.29, 1.82) is 0 Å². The van der Waals surface area contributed by atoms with Crippen molar-refractivity contribution in [3.63, 3.8) is 0 Å². The van der Waals surface area contributed by atoms with Crippen LogP contribution in [0.25, 0.3) is 0 Å². The van der Waals surface area contributed by atoms with Gasteiger partial charge in [0, 0.05) is 18.7 Å². The molecule has 2 heterocycles. The number of pyridine rings is 1. The Bertz CT molecular complexity index is 585. The summed E-state index contributed by atoms with van der Waals surface area (Å²) in [6.07, 6.45) is -0.206. The second kappa shape index (κ2) is 5.00. The number of nitrogens with zero attached hydrogens (tertiary/aromatic N) is 2. The number of amides is 1. The molecule has 0 saturated carbocycles. The highest BCUT2D eigenvalue weighted by molar-refractivity contribution is 6.29. The first kappa shape index (κ1) is 11.5. The van der Waals surface area contributed by atoms with E-state index in [4.69, 9.17) is 19.1 Å². The van der Waals surface area contributed by atoms with E-state index in [9.17, 15) is 4.79 Å². The maximum atomic E-state index is 12.2. The van der Waals surface area contributed by atoms with Gasteiger partial charge in [0.15, 0.2) is 0 Å². The smallest absolute Gasteiger partial charge is 0.410 e. The molecular weight excluding hydrogens is 264 g/mol. The van der Waals surface area contributed by atoms with E-state index in [0.717, 1.165) is 4.90 Å². The fraction of sp³-hybridized carbons (Fsp3) is 0.571. The number of hydrogen-bond acceptors (Lipinski definition) is 3. The molecule has 0 saturated heterocycles. The van der Waals surface area contributed by atoms with E-state index >= 15 is 0 Å². The average Bonchev–Trinajstić information content (AvgIpc) is 2.23. The van der Waals surface area contributed by atoms with Crippen LogP contribution in [0.2, 0.25) is 5.15 Å². The highest BCUT2D eigenvalue weighted by Gasteiger charge is 2.27. The molecule has 0 unspecified atom stereocenters. The SMILES string of the molecule is [2H]C1([2H])c2c(C)cc(Cl)nc2CCN1C(=O)OC(C)(C)C. The summed E-state index contributed by atoms with van der Waals surface area (Å²) in [4.78, 5) is 17.5. The second-order valence-corrected chi connectivity index (χ2v) is 5.96. The zero-order valence-electron chi connectivity index (χ0n) is 13.6. The molecule has 2 rings (SSSR count).